The van der Waals surface area contributed by atoms with Gasteiger partial charge in [-0.25, -0.2) is 0 Å². The van der Waals surface area contributed by atoms with E-state index in [-0.39, 0.29) is 5.54 Å². The fourth-order valence-corrected chi connectivity index (χ4v) is 6.77. The van der Waals surface area contributed by atoms with Crippen LogP contribution >= 0.6 is 0 Å². The van der Waals surface area contributed by atoms with E-state index in [0.717, 1.165) is 0 Å². The Hall–Kier alpha value is -0.0662. The Morgan fingerprint density at radius 1 is 0.778 bits per heavy atom. The van der Waals surface area contributed by atoms with Crippen LogP contribution in [-0.2, 0) is 26.6 Å². The lowest BCUT2D eigenvalue weighted by Gasteiger charge is -2.35. The molecule has 0 N–H and O–H groups in total. The molecule has 8 heteroatoms. The summed E-state index contributed by atoms with van der Waals surface area (Å²) in [6.45, 7) is 5.94. The molecule has 0 aromatic rings. The molecule has 0 aliphatic carbocycles. The standard InChI is InChI=1S/C10H24O6Si2/c1-9(17(11-3,12-4)13-5)10(2)18(14-6,15-7)16-8/h10H,1H2,2-8H3. The van der Waals surface area contributed by atoms with Crippen LogP contribution < -0.4 is 0 Å². The molecule has 0 aliphatic rings. The molecule has 0 amide bonds. The van der Waals surface area contributed by atoms with Crippen LogP contribution in [0.5, 0.6) is 0 Å². The first kappa shape index (κ1) is 17.9. The fraction of sp³-hybridized carbons (Fsp3) is 0.800. The van der Waals surface area contributed by atoms with E-state index in [0.29, 0.717) is 5.20 Å². The molecule has 0 rings (SSSR count). The zero-order valence-electron chi connectivity index (χ0n) is 12.2. The summed E-state index contributed by atoms with van der Waals surface area (Å²) in [5, 5.41) is 0.673. The topological polar surface area (TPSA) is 55.4 Å². The highest BCUT2D eigenvalue weighted by Gasteiger charge is 2.54. The van der Waals surface area contributed by atoms with Crippen molar-refractivity contribution in [2.45, 2.75) is 12.5 Å². The van der Waals surface area contributed by atoms with Gasteiger partial charge in [0.05, 0.1) is 5.54 Å². The van der Waals surface area contributed by atoms with Gasteiger partial charge >= 0.3 is 17.6 Å². The lowest BCUT2D eigenvalue weighted by molar-refractivity contribution is 0.109. The van der Waals surface area contributed by atoms with Crippen LogP contribution in [0.25, 0.3) is 0 Å². The first-order valence-electron chi connectivity index (χ1n) is 5.43. The largest absolute Gasteiger partial charge is 0.531 e. The second-order valence-electron chi connectivity index (χ2n) is 3.63. The van der Waals surface area contributed by atoms with Gasteiger partial charge in [0.15, 0.2) is 0 Å². The SMILES string of the molecule is C=C(C(C)[Si](OC)(OC)OC)[Si](OC)(OC)OC. The molecule has 0 radical (unpaired) electrons. The van der Waals surface area contributed by atoms with Crippen molar-refractivity contribution in [3.05, 3.63) is 11.8 Å². The van der Waals surface area contributed by atoms with Crippen LogP contribution in [0, 0.1) is 0 Å². The summed E-state index contributed by atoms with van der Waals surface area (Å²) in [5.74, 6) is 0. The quantitative estimate of drug-likeness (QED) is 0.597. The molecular weight excluding hydrogens is 272 g/mol. The van der Waals surface area contributed by atoms with Crippen molar-refractivity contribution >= 4 is 17.6 Å². The Balaban J connectivity index is 5.30. The highest BCUT2D eigenvalue weighted by atomic mass is 28.4. The Bertz CT molecular complexity index is 249. The average Bonchev–Trinajstić information content (AvgIpc) is 2.43. The van der Waals surface area contributed by atoms with E-state index in [1.807, 2.05) is 6.92 Å². The van der Waals surface area contributed by atoms with Gasteiger partial charge in [0.1, 0.15) is 0 Å². The van der Waals surface area contributed by atoms with Gasteiger partial charge in [0.2, 0.25) is 0 Å². The predicted molar refractivity (Wildman–Crippen MR) is 72.1 cm³/mol. The molecule has 0 saturated heterocycles. The van der Waals surface area contributed by atoms with Crippen molar-refractivity contribution in [3.63, 3.8) is 0 Å². The summed E-state index contributed by atoms with van der Waals surface area (Å²) >= 11 is 0. The molecule has 0 aliphatic heterocycles. The number of hydrogen-bond donors (Lipinski definition) is 0. The first-order valence-corrected chi connectivity index (χ1v) is 8.96. The van der Waals surface area contributed by atoms with E-state index in [1.54, 1.807) is 21.3 Å². The lowest BCUT2D eigenvalue weighted by Crippen LogP contribution is -2.54. The van der Waals surface area contributed by atoms with Crippen LogP contribution in [-0.4, -0.2) is 60.3 Å². The van der Waals surface area contributed by atoms with Crippen LogP contribution in [0.4, 0.5) is 0 Å². The Labute approximate surface area is 112 Å². The summed E-state index contributed by atoms with van der Waals surface area (Å²) in [5.41, 5.74) is -0.205. The van der Waals surface area contributed by atoms with E-state index < -0.39 is 17.6 Å². The number of allylic oxidation sites excluding steroid dienone is 1. The van der Waals surface area contributed by atoms with E-state index in [1.165, 1.54) is 21.3 Å². The van der Waals surface area contributed by atoms with E-state index in [2.05, 4.69) is 6.58 Å². The minimum atomic E-state index is -2.94. The Morgan fingerprint density at radius 3 is 1.33 bits per heavy atom. The average molecular weight is 296 g/mol. The maximum Gasteiger partial charge on any atom is 0.531 e. The van der Waals surface area contributed by atoms with Gasteiger partial charge in [-0.05, 0) is 0 Å². The summed E-state index contributed by atoms with van der Waals surface area (Å²) in [7, 11) is 3.48. The highest BCUT2D eigenvalue weighted by Crippen LogP contribution is 2.35. The van der Waals surface area contributed by atoms with E-state index in [9.17, 15) is 0 Å². The van der Waals surface area contributed by atoms with Gasteiger partial charge in [-0.1, -0.05) is 13.5 Å². The second kappa shape index (κ2) is 7.51. The molecule has 18 heavy (non-hydrogen) atoms. The maximum atomic E-state index is 5.44. The van der Waals surface area contributed by atoms with Gasteiger partial charge < -0.3 is 26.6 Å². The summed E-state index contributed by atoms with van der Waals surface area (Å²) in [6, 6.07) is 0. The molecule has 1 unspecified atom stereocenters. The van der Waals surface area contributed by atoms with E-state index in [4.69, 9.17) is 26.6 Å². The molecule has 0 saturated carbocycles. The molecule has 0 fully saturated rings. The monoisotopic (exact) mass is 296 g/mol. The van der Waals surface area contributed by atoms with Crippen molar-refractivity contribution in [2.75, 3.05) is 42.7 Å². The normalized spacial score (nSPS) is 14.6. The Kier molecular flexibility index (Phi) is 7.48. The van der Waals surface area contributed by atoms with Gasteiger partial charge in [0, 0.05) is 47.9 Å². The maximum absolute atomic E-state index is 5.44. The Morgan fingerprint density at radius 2 is 1.11 bits per heavy atom. The minimum Gasteiger partial charge on any atom is -0.376 e. The molecule has 0 spiro atoms. The van der Waals surface area contributed by atoms with Crippen LogP contribution in [0.2, 0.25) is 5.54 Å². The molecular formula is C10H24O6Si2. The zero-order valence-corrected chi connectivity index (χ0v) is 14.2. The van der Waals surface area contributed by atoms with Gasteiger partial charge in [-0.2, -0.15) is 0 Å². The third-order valence-corrected chi connectivity index (χ3v) is 9.34. The third kappa shape index (κ3) is 3.09. The molecule has 0 aromatic heterocycles. The molecule has 0 heterocycles. The second-order valence-corrected chi connectivity index (χ2v) is 9.91. The van der Waals surface area contributed by atoms with Crippen LogP contribution in [0.15, 0.2) is 11.8 Å². The minimum absolute atomic E-state index is 0.205. The number of rotatable bonds is 9. The van der Waals surface area contributed by atoms with E-state index >= 15 is 0 Å². The van der Waals surface area contributed by atoms with Crippen molar-refractivity contribution in [1.82, 2.24) is 0 Å². The fourth-order valence-electron chi connectivity index (χ4n) is 1.90. The van der Waals surface area contributed by atoms with Crippen molar-refractivity contribution in [1.29, 1.82) is 0 Å². The first-order chi connectivity index (χ1) is 8.43. The summed E-state index contributed by atoms with van der Waals surface area (Å²) < 4.78 is 32.5. The van der Waals surface area contributed by atoms with Gasteiger partial charge in [-0.15, -0.1) is 0 Å². The summed E-state index contributed by atoms with van der Waals surface area (Å²) in [4.78, 5) is 0. The highest BCUT2D eigenvalue weighted by molar-refractivity contribution is 6.74. The van der Waals surface area contributed by atoms with Crippen molar-refractivity contribution in [3.8, 4) is 0 Å². The summed E-state index contributed by atoms with van der Waals surface area (Å²) in [6.07, 6.45) is 0. The molecule has 0 bridgehead atoms. The van der Waals surface area contributed by atoms with Crippen molar-refractivity contribution < 1.29 is 26.6 Å². The molecule has 1 atom stereocenters. The third-order valence-electron chi connectivity index (χ3n) is 3.11. The smallest absolute Gasteiger partial charge is 0.376 e. The molecule has 108 valence electrons. The van der Waals surface area contributed by atoms with Crippen LogP contribution in [0.3, 0.4) is 0 Å². The zero-order chi connectivity index (χ0) is 14.4. The van der Waals surface area contributed by atoms with Crippen molar-refractivity contribution in [2.24, 2.45) is 0 Å². The lowest BCUT2D eigenvalue weighted by atomic mass is 10.5. The van der Waals surface area contributed by atoms with Gasteiger partial charge in [0.25, 0.3) is 0 Å². The molecule has 0 aromatic carbocycles. The van der Waals surface area contributed by atoms with Crippen LogP contribution in [0.1, 0.15) is 6.92 Å². The predicted octanol–water partition coefficient (Wildman–Crippen LogP) is 1.23. The number of hydrogen-bond acceptors (Lipinski definition) is 6. The van der Waals surface area contributed by atoms with Gasteiger partial charge in [-0.3, -0.25) is 0 Å². The molecule has 6 nitrogen and oxygen atoms in total.